The minimum absolute atomic E-state index is 0.0893. The smallest absolute Gasteiger partial charge is 0.347 e. The van der Waals surface area contributed by atoms with Crippen LogP contribution in [0.5, 0.6) is 23.0 Å². The number of hydrogen-bond donors (Lipinski definition) is 0. The van der Waals surface area contributed by atoms with Gasteiger partial charge in [0.1, 0.15) is 30.5 Å². The van der Waals surface area contributed by atoms with Crippen molar-refractivity contribution in [3.63, 3.8) is 0 Å². The first-order valence-electron chi connectivity index (χ1n) is 18.4. The number of fused-ring (bicyclic) bond motifs is 1. The number of rotatable bonds is 19. The van der Waals surface area contributed by atoms with E-state index in [-0.39, 0.29) is 30.7 Å². The highest BCUT2D eigenvalue weighted by molar-refractivity contribution is 5.77. The Morgan fingerprint density at radius 1 is 0.769 bits per heavy atom. The lowest BCUT2D eigenvalue weighted by molar-refractivity contribution is -0.154. The molecule has 4 aromatic rings. The molecular formula is C43H49FO8. The predicted octanol–water partition coefficient (Wildman–Crippen LogP) is 9.40. The van der Waals surface area contributed by atoms with Crippen LogP contribution in [-0.4, -0.2) is 51.1 Å². The van der Waals surface area contributed by atoms with Crippen LogP contribution in [0.25, 0.3) is 22.3 Å². The number of aryl methyl sites for hydroxylation is 1. The van der Waals surface area contributed by atoms with Crippen LogP contribution < -0.4 is 18.9 Å². The number of hydrogen-bond acceptors (Lipinski definition) is 8. The third kappa shape index (κ3) is 10.7. The lowest BCUT2D eigenvalue weighted by Crippen LogP contribution is -2.36. The van der Waals surface area contributed by atoms with E-state index in [1.54, 1.807) is 26.0 Å². The highest BCUT2D eigenvalue weighted by Crippen LogP contribution is 2.38. The molecule has 0 fully saturated rings. The Hall–Kier alpha value is -5.05. The van der Waals surface area contributed by atoms with Crippen LogP contribution in [0.2, 0.25) is 0 Å². The molecule has 0 N–H and O–H groups in total. The van der Waals surface area contributed by atoms with Crippen molar-refractivity contribution in [3.05, 3.63) is 96.3 Å². The maximum Gasteiger partial charge on any atom is 0.347 e. The SMILES string of the molecule is CCOC(=O)CCc1ccccc1OC(C(=O)OCC)C(C)CCCCCCOc1cc(-c2ccc3c(c2)OCCO3)cc(-c2ccccc2F)c1. The van der Waals surface area contributed by atoms with Crippen molar-refractivity contribution in [2.24, 2.45) is 5.92 Å². The largest absolute Gasteiger partial charge is 0.494 e. The fraction of sp³-hybridized carbons (Fsp3) is 0.395. The highest BCUT2D eigenvalue weighted by Gasteiger charge is 2.29. The first-order chi connectivity index (χ1) is 25.4. The number of unbranched alkanes of at least 4 members (excludes halogenated alkanes) is 3. The summed E-state index contributed by atoms with van der Waals surface area (Å²) in [4.78, 5) is 25.0. The Kier molecular flexibility index (Phi) is 14.3. The van der Waals surface area contributed by atoms with E-state index in [1.807, 2.05) is 73.7 Å². The Morgan fingerprint density at radius 2 is 1.50 bits per heavy atom. The van der Waals surface area contributed by atoms with E-state index in [1.165, 1.54) is 6.07 Å². The molecule has 2 atom stereocenters. The first kappa shape index (κ1) is 38.2. The van der Waals surface area contributed by atoms with Crippen LogP contribution in [0, 0.1) is 11.7 Å². The van der Waals surface area contributed by atoms with Crippen LogP contribution >= 0.6 is 0 Å². The van der Waals surface area contributed by atoms with Gasteiger partial charge in [-0.15, -0.1) is 0 Å². The van der Waals surface area contributed by atoms with Gasteiger partial charge in [-0.25, -0.2) is 9.18 Å². The lowest BCUT2D eigenvalue weighted by atomic mass is 9.96. The third-order valence-electron chi connectivity index (χ3n) is 8.96. The number of ether oxygens (including phenoxy) is 6. The molecule has 5 rings (SSSR count). The Balaban J connectivity index is 1.15. The van der Waals surface area contributed by atoms with Crippen LogP contribution in [0.3, 0.4) is 0 Å². The third-order valence-corrected chi connectivity index (χ3v) is 8.96. The number of carbonyl (C=O) groups is 2. The quantitative estimate of drug-likeness (QED) is 0.0702. The van der Waals surface area contributed by atoms with Gasteiger partial charge < -0.3 is 28.4 Å². The molecule has 1 aliphatic rings. The summed E-state index contributed by atoms with van der Waals surface area (Å²) in [5.41, 5.74) is 3.89. The van der Waals surface area contributed by atoms with Gasteiger partial charge in [-0.1, -0.05) is 68.7 Å². The number of benzene rings is 4. The van der Waals surface area contributed by atoms with Gasteiger partial charge in [0.2, 0.25) is 0 Å². The number of para-hydroxylation sites is 1. The van der Waals surface area contributed by atoms with Gasteiger partial charge in [-0.2, -0.15) is 0 Å². The normalized spacial score (nSPS) is 13.2. The van der Waals surface area contributed by atoms with Gasteiger partial charge in [0, 0.05) is 17.9 Å². The zero-order valence-electron chi connectivity index (χ0n) is 30.4. The summed E-state index contributed by atoms with van der Waals surface area (Å²) in [7, 11) is 0. The molecule has 0 saturated carbocycles. The Labute approximate surface area is 306 Å². The molecular weight excluding hydrogens is 663 g/mol. The first-order valence-corrected chi connectivity index (χ1v) is 18.4. The van der Waals surface area contributed by atoms with E-state index >= 15 is 0 Å². The van der Waals surface area contributed by atoms with Crippen molar-refractivity contribution in [1.82, 2.24) is 0 Å². The van der Waals surface area contributed by atoms with E-state index < -0.39 is 12.1 Å². The fourth-order valence-corrected chi connectivity index (χ4v) is 6.24. The van der Waals surface area contributed by atoms with Gasteiger partial charge in [-0.05, 0) is 97.8 Å². The summed E-state index contributed by atoms with van der Waals surface area (Å²) in [6, 6.07) is 25.8. The molecule has 0 amide bonds. The van der Waals surface area contributed by atoms with Crippen molar-refractivity contribution in [3.8, 4) is 45.3 Å². The maximum atomic E-state index is 14.9. The van der Waals surface area contributed by atoms with E-state index in [0.29, 0.717) is 61.4 Å². The van der Waals surface area contributed by atoms with Gasteiger partial charge in [0.05, 0.1) is 19.8 Å². The molecule has 276 valence electrons. The summed E-state index contributed by atoms with van der Waals surface area (Å²) >= 11 is 0. The van der Waals surface area contributed by atoms with Crippen molar-refractivity contribution in [2.45, 2.75) is 71.8 Å². The maximum absolute atomic E-state index is 14.9. The van der Waals surface area contributed by atoms with Gasteiger partial charge in [-0.3, -0.25) is 4.79 Å². The van der Waals surface area contributed by atoms with E-state index in [4.69, 9.17) is 28.4 Å². The predicted molar refractivity (Wildman–Crippen MR) is 198 cm³/mol. The molecule has 52 heavy (non-hydrogen) atoms. The minimum atomic E-state index is -0.767. The van der Waals surface area contributed by atoms with Gasteiger partial charge in [0.25, 0.3) is 0 Å². The molecule has 0 saturated heterocycles. The van der Waals surface area contributed by atoms with Gasteiger partial charge >= 0.3 is 11.9 Å². The van der Waals surface area contributed by atoms with Crippen LogP contribution in [0.1, 0.15) is 64.9 Å². The summed E-state index contributed by atoms with van der Waals surface area (Å²) in [5.74, 6) is 1.59. The topological polar surface area (TPSA) is 89.5 Å². The summed E-state index contributed by atoms with van der Waals surface area (Å²) in [5, 5.41) is 0. The van der Waals surface area contributed by atoms with Crippen molar-refractivity contribution in [1.29, 1.82) is 0 Å². The standard InChI is InChI=1S/C43H49FO8/c1-4-47-41(45)22-20-31-15-9-12-18-38(31)52-42(43(46)48-5-2)30(3)14-8-6-7-13-23-49-35-27-33(26-34(28-35)36-16-10-11-17-37(36)44)32-19-21-39-40(29-32)51-25-24-50-39/h9-12,15-19,21,26-30,42H,4-8,13-14,20,22-25H2,1-3H3. The van der Waals surface area contributed by atoms with Gasteiger partial charge in [0.15, 0.2) is 17.6 Å². The molecule has 0 radical (unpaired) electrons. The van der Waals surface area contributed by atoms with Crippen LogP contribution in [-0.2, 0) is 25.5 Å². The van der Waals surface area contributed by atoms with Crippen LogP contribution in [0.4, 0.5) is 4.39 Å². The van der Waals surface area contributed by atoms with E-state index in [0.717, 1.165) is 54.4 Å². The second-order valence-electron chi connectivity index (χ2n) is 12.8. The molecule has 4 aromatic carbocycles. The average molecular weight is 713 g/mol. The lowest BCUT2D eigenvalue weighted by Gasteiger charge is -2.25. The average Bonchev–Trinajstić information content (AvgIpc) is 3.16. The summed E-state index contributed by atoms with van der Waals surface area (Å²) < 4.78 is 49.4. The van der Waals surface area contributed by atoms with Crippen molar-refractivity contribution < 1.29 is 42.4 Å². The molecule has 1 aliphatic heterocycles. The van der Waals surface area contributed by atoms with E-state index in [9.17, 15) is 14.0 Å². The molecule has 2 unspecified atom stereocenters. The number of halogens is 1. The monoisotopic (exact) mass is 712 g/mol. The molecule has 8 nitrogen and oxygen atoms in total. The Morgan fingerprint density at radius 3 is 2.31 bits per heavy atom. The second-order valence-corrected chi connectivity index (χ2v) is 12.8. The Bertz CT molecular complexity index is 1770. The second kappa shape index (κ2) is 19.5. The summed E-state index contributed by atoms with van der Waals surface area (Å²) in [6.07, 6.45) is 4.33. The molecule has 1 heterocycles. The zero-order chi connectivity index (χ0) is 36.7. The van der Waals surface area contributed by atoms with Crippen molar-refractivity contribution in [2.75, 3.05) is 33.0 Å². The minimum Gasteiger partial charge on any atom is -0.494 e. The molecule has 0 bridgehead atoms. The molecule has 9 heteroatoms. The molecule has 0 aliphatic carbocycles. The highest BCUT2D eigenvalue weighted by atomic mass is 19.1. The number of carbonyl (C=O) groups excluding carboxylic acids is 2. The molecule has 0 spiro atoms. The zero-order valence-corrected chi connectivity index (χ0v) is 30.4. The molecule has 0 aromatic heterocycles. The fourth-order valence-electron chi connectivity index (χ4n) is 6.24. The summed E-state index contributed by atoms with van der Waals surface area (Å²) in [6.45, 7) is 7.69. The number of esters is 2. The van der Waals surface area contributed by atoms with E-state index in [2.05, 4.69) is 0 Å². The van der Waals surface area contributed by atoms with Crippen molar-refractivity contribution >= 4 is 11.9 Å². The van der Waals surface area contributed by atoms with Crippen LogP contribution in [0.15, 0.2) is 84.9 Å².